The number of aliphatic hydroxyl groups excluding tert-OH is 1. The van der Waals surface area contributed by atoms with E-state index in [1.165, 1.54) is 6.92 Å². The van der Waals surface area contributed by atoms with E-state index in [-0.39, 0.29) is 43.7 Å². The summed E-state index contributed by atoms with van der Waals surface area (Å²) in [7, 11) is 2.15. The summed E-state index contributed by atoms with van der Waals surface area (Å²) in [6, 6.07) is 6.47. The Morgan fingerprint density at radius 2 is 1.34 bits per heavy atom. The molecule has 5 rings (SSSR count). The number of aliphatic carboxylic acids is 1. The Morgan fingerprint density at radius 1 is 0.730 bits per heavy atom. The number of carboxylic acid groups (broad SMARTS) is 1. The van der Waals surface area contributed by atoms with E-state index in [1.54, 1.807) is 36.5 Å². The van der Waals surface area contributed by atoms with E-state index in [2.05, 4.69) is 47.5 Å². The van der Waals surface area contributed by atoms with E-state index in [9.17, 15) is 43.5 Å². The van der Waals surface area contributed by atoms with Gasteiger partial charge < -0.3 is 74.9 Å². The Hall–Kier alpha value is -6.25. The number of H-pyrrole nitrogens is 1. The Kier molecular flexibility index (Phi) is 25.7. The van der Waals surface area contributed by atoms with Crippen molar-refractivity contribution in [1.82, 2.24) is 47.5 Å². The number of carboxylic acids is 1. The summed E-state index contributed by atoms with van der Waals surface area (Å²) in [5.41, 5.74) is 19.2. The van der Waals surface area contributed by atoms with Gasteiger partial charge in [-0.2, -0.15) is 0 Å². The lowest BCUT2D eigenvalue weighted by Crippen LogP contribution is -2.62. The predicted octanol–water partition coefficient (Wildman–Crippen LogP) is -1.29. The normalized spacial score (nSPS) is 23.3. The number of primary amides is 1. The Balaban J connectivity index is 0.00000286. The molecule has 2 aliphatic heterocycles. The van der Waals surface area contributed by atoms with Gasteiger partial charge >= 0.3 is 0 Å². The summed E-state index contributed by atoms with van der Waals surface area (Å²) >= 11 is 0. The topological polar surface area (TPSA) is 384 Å². The number of hydrogen-bond donors (Lipinski definition) is 14. The Morgan fingerprint density at radius 3 is 1.99 bits per heavy atom. The second kappa shape index (κ2) is 31.5. The van der Waals surface area contributed by atoms with Gasteiger partial charge in [-0.3, -0.25) is 43.2 Å². The van der Waals surface area contributed by atoms with Gasteiger partial charge in [-0.15, -0.1) is 0 Å². The molecule has 17 N–H and O–H groups in total. The molecule has 8 amide bonds. The van der Waals surface area contributed by atoms with Crippen molar-refractivity contribution in [2.75, 3.05) is 31.1 Å². The van der Waals surface area contributed by atoms with E-state index in [4.69, 9.17) is 27.1 Å². The highest BCUT2D eigenvalue weighted by molar-refractivity contribution is 8.76. The molecule has 2 fully saturated rings. The first kappa shape index (κ1) is 60.3. The zero-order valence-corrected chi connectivity index (χ0v) is 43.3. The number of aliphatic hydroxyl groups is 1. The van der Waals surface area contributed by atoms with Crippen molar-refractivity contribution < 1.29 is 53.4 Å². The lowest BCUT2D eigenvalue weighted by molar-refractivity contribution is -0.136. The van der Waals surface area contributed by atoms with Gasteiger partial charge in [0.2, 0.25) is 47.3 Å². The first-order chi connectivity index (χ1) is 35.4. The van der Waals surface area contributed by atoms with Crippen LogP contribution in [0.15, 0.2) is 60.8 Å². The zero-order valence-electron chi connectivity index (χ0n) is 41.7. The molecule has 2 aromatic carbocycles. The van der Waals surface area contributed by atoms with Gasteiger partial charge in [0.25, 0.3) is 5.97 Å². The summed E-state index contributed by atoms with van der Waals surface area (Å²) in [4.78, 5) is 124. The summed E-state index contributed by atoms with van der Waals surface area (Å²) in [5, 5.41) is 41.3. The molecule has 2 aliphatic rings. The third-order valence-electron chi connectivity index (χ3n) is 12.1. The lowest BCUT2D eigenvalue weighted by Gasteiger charge is -2.29. The number of carbonyl (C=O) groups excluding carboxylic acids is 8. The van der Waals surface area contributed by atoms with Gasteiger partial charge in [0.1, 0.15) is 42.3 Å². The molecule has 0 bridgehead atoms. The van der Waals surface area contributed by atoms with Crippen molar-refractivity contribution in [3.8, 4) is 0 Å². The van der Waals surface area contributed by atoms with Crippen molar-refractivity contribution in [1.29, 1.82) is 0 Å². The maximum atomic E-state index is 14.7. The Labute approximate surface area is 437 Å². The number of amides is 8. The summed E-state index contributed by atoms with van der Waals surface area (Å²) < 4.78 is 0. The van der Waals surface area contributed by atoms with Crippen LogP contribution in [0, 0.1) is 0 Å². The standard InChI is InChI=1S/C47H68N12O9S2.C2H4O2/c1-27(60)39-47(68)58-38(45(66)53-32(40(50)61)16-7-9-19-48)26-70-69-25-37(57-41(62)33-18-11-21-51-33)46(67)55-35(22-28-12-3-2-4-13-28)43(64)56-36(23-29-24-52-31-15-6-5-14-30(29)31)44(65)54-34(42(63)59-39)17-8-10-20-49;1-2(3)4/h2-6,12-15,24,27,32-39,51-52,60H,7-11,16-23,25-26,48-49H2,1H3,(H2,50,61)(H,53,66)(H,54,65)(H,55,67)(H,56,64)(H,57,62)(H,58,68)(H,59,63);1H3,(H,3,4)/t27-,32+,33+,34+,35+,36-,37+,38+,39+;/m1./s1. The number of nitrogens with two attached hydrogens (primary N) is 3. The minimum atomic E-state index is -1.65. The van der Waals surface area contributed by atoms with Crippen LogP contribution in [0.25, 0.3) is 10.9 Å². The first-order valence-corrected chi connectivity index (χ1v) is 27.2. The van der Waals surface area contributed by atoms with Crippen LogP contribution < -0.4 is 59.7 Å². The molecule has 2 saturated heterocycles. The zero-order chi connectivity index (χ0) is 54.2. The van der Waals surface area contributed by atoms with Crippen LogP contribution >= 0.6 is 21.6 Å². The second-order valence-electron chi connectivity index (χ2n) is 18.1. The molecule has 25 heteroatoms. The highest BCUT2D eigenvalue weighted by atomic mass is 33.1. The highest BCUT2D eigenvalue weighted by Gasteiger charge is 2.37. The number of para-hydroxylation sites is 1. The van der Waals surface area contributed by atoms with Crippen molar-refractivity contribution in [3.05, 3.63) is 71.9 Å². The van der Waals surface area contributed by atoms with Gasteiger partial charge in [0, 0.05) is 48.4 Å². The molecular formula is C49H72N12O11S2. The van der Waals surface area contributed by atoms with Crippen molar-refractivity contribution in [3.63, 3.8) is 0 Å². The van der Waals surface area contributed by atoms with Crippen LogP contribution in [0.1, 0.15) is 76.3 Å². The molecule has 406 valence electrons. The fourth-order valence-electron chi connectivity index (χ4n) is 8.12. The van der Waals surface area contributed by atoms with E-state index in [1.807, 2.05) is 24.3 Å². The van der Waals surface area contributed by atoms with Crippen molar-refractivity contribution in [2.24, 2.45) is 17.2 Å². The number of rotatable bonds is 18. The van der Waals surface area contributed by atoms with Crippen LogP contribution in [-0.4, -0.2) is 154 Å². The number of hydrogen-bond acceptors (Lipinski definition) is 15. The Bertz CT molecular complexity index is 2350. The van der Waals surface area contributed by atoms with Crippen molar-refractivity contribution in [2.45, 2.75) is 132 Å². The largest absolute Gasteiger partial charge is 0.481 e. The van der Waals surface area contributed by atoms with Crippen LogP contribution in [0.4, 0.5) is 0 Å². The fraction of sp³-hybridized carbons (Fsp3) is 0.531. The molecule has 23 nitrogen and oxygen atoms in total. The van der Waals surface area contributed by atoms with E-state index in [0.29, 0.717) is 56.3 Å². The number of aromatic nitrogens is 1. The molecule has 74 heavy (non-hydrogen) atoms. The number of benzene rings is 2. The molecule has 3 heterocycles. The minimum absolute atomic E-state index is 0.00750. The molecule has 0 saturated carbocycles. The maximum Gasteiger partial charge on any atom is 0.300 e. The number of unbranched alkanes of at least 4 members (excludes halogenated alkanes) is 2. The number of aromatic amines is 1. The first-order valence-electron chi connectivity index (χ1n) is 24.7. The van der Waals surface area contributed by atoms with Crippen LogP contribution in [0.3, 0.4) is 0 Å². The van der Waals surface area contributed by atoms with E-state index < -0.39 is 108 Å². The molecule has 0 aliphatic carbocycles. The number of fused-ring (bicyclic) bond motifs is 1. The van der Waals surface area contributed by atoms with Crippen LogP contribution in [-0.2, 0) is 56.0 Å². The third-order valence-corrected chi connectivity index (χ3v) is 14.5. The molecule has 0 spiro atoms. The average molecular weight is 1070 g/mol. The third kappa shape index (κ3) is 19.9. The molecule has 3 aromatic rings. The average Bonchev–Trinajstić information content (AvgIpc) is 4.06. The molecule has 0 unspecified atom stereocenters. The van der Waals surface area contributed by atoms with Crippen LogP contribution in [0.2, 0.25) is 0 Å². The minimum Gasteiger partial charge on any atom is -0.481 e. The predicted molar refractivity (Wildman–Crippen MR) is 282 cm³/mol. The molecule has 0 radical (unpaired) electrons. The second-order valence-corrected chi connectivity index (χ2v) is 20.6. The maximum absolute atomic E-state index is 14.7. The van der Waals surface area contributed by atoms with E-state index >= 15 is 0 Å². The monoisotopic (exact) mass is 1070 g/mol. The van der Waals surface area contributed by atoms with Gasteiger partial charge in [-0.25, -0.2) is 0 Å². The van der Waals surface area contributed by atoms with Gasteiger partial charge in [0.15, 0.2) is 0 Å². The highest BCUT2D eigenvalue weighted by Crippen LogP contribution is 2.25. The van der Waals surface area contributed by atoms with Gasteiger partial charge in [-0.05, 0) is 95.1 Å². The molecular weight excluding hydrogens is 997 g/mol. The van der Waals surface area contributed by atoms with Crippen LogP contribution in [0.5, 0.6) is 0 Å². The van der Waals surface area contributed by atoms with Gasteiger partial charge in [-0.1, -0.05) is 70.1 Å². The quantitative estimate of drug-likeness (QED) is 0.0521. The van der Waals surface area contributed by atoms with E-state index in [0.717, 1.165) is 45.8 Å². The number of nitrogens with one attached hydrogen (secondary N) is 9. The van der Waals surface area contributed by atoms with Gasteiger partial charge in [0.05, 0.1) is 12.1 Å². The number of carbonyl (C=O) groups is 9. The van der Waals surface area contributed by atoms with Crippen molar-refractivity contribution >= 4 is 85.7 Å². The fourth-order valence-corrected chi connectivity index (χ4v) is 10.4. The smallest absolute Gasteiger partial charge is 0.300 e. The molecule has 1 aromatic heterocycles. The molecule has 9 atom stereocenters. The summed E-state index contributed by atoms with van der Waals surface area (Å²) in [5.74, 6) is -7.12. The lowest BCUT2D eigenvalue weighted by atomic mass is 10.0. The summed E-state index contributed by atoms with van der Waals surface area (Å²) in [6.07, 6.45) is 3.49. The SMILES string of the molecule is CC(=O)O.C[C@@H](O)[C@@H]1NC(=O)[C@H](CCCCN)NC(=O)[C@@H](Cc2c[nH]c3ccccc23)NC(=O)[C@H](Cc2ccccc2)NC(=O)[C@@H](NC(=O)[C@@H]2CCCN2)CSSC[C@@H](C(=O)N[C@@H](CCCCN)C(N)=O)NC1=O. The summed E-state index contributed by atoms with van der Waals surface area (Å²) in [6.45, 7) is 3.59.